The normalized spacial score (nSPS) is 10.8. The molecule has 140 valence electrons. The Hall–Kier alpha value is -2.60. The molecule has 0 atom stereocenters. The van der Waals surface area contributed by atoms with E-state index in [2.05, 4.69) is 58.2 Å². The highest BCUT2D eigenvalue weighted by molar-refractivity contribution is 7.98. The predicted octanol–water partition coefficient (Wildman–Crippen LogP) is 4.14. The van der Waals surface area contributed by atoms with Gasteiger partial charge in [0.05, 0.1) is 6.54 Å². The van der Waals surface area contributed by atoms with Crippen LogP contribution in [-0.2, 0) is 18.8 Å². The van der Waals surface area contributed by atoms with Crippen LogP contribution in [0, 0.1) is 13.8 Å². The Kier molecular flexibility index (Phi) is 6.29. The van der Waals surface area contributed by atoms with Gasteiger partial charge in [0.2, 0.25) is 0 Å². The lowest BCUT2D eigenvalue weighted by atomic mass is 10.1. The van der Waals surface area contributed by atoms with Gasteiger partial charge in [0.25, 0.3) is 5.91 Å². The van der Waals surface area contributed by atoms with Crippen LogP contribution in [-0.4, -0.2) is 20.7 Å². The monoisotopic (exact) mass is 380 g/mol. The number of aromatic nitrogens is 3. The van der Waals surface area contributed by atoms with Crippen LogP contribution < -0.4 is 5.32 Å². The zero-order chi connectivity index (χ0) is 19.2. The molecule has 0 saturated carbocycles. The van der Waals surface area contributed by atoms with Crippen molar-refractivity contribution in [3.8, 4) is 0 Å². The minimum atomic E-state index is -0.0902. The Morgan fingerprint density at radius 3 is 2.52 bits per heavy atom. The third kappa shape index (κ3) is 4.77. The lowest BCUT2D eigenvalue weighted by molar-refractivity contribution is 0.0949. The molecule has 1 aromatic heterocycles. The summed E-state index contributed by atoms with van der Waals surface area (Å²) in [4.78, 5) is 12.4. The Balaban J connectivity index is 1.64. The average molecular weight is 381 g/mol. The molecule has 5 nitrogen and oxygen atoms in total. The molecule has 1 N–H and O–H groups in total. The Morgan fingerprint density at radius 1 is 1.07 bits per heavy atom. The predicted molar refractivity (Wildman–Crippen MR) is 109 cm³/mol. The van der Waals surface area contributed by atoms with Crippen LogP contribution in [0.5, 0.6) is 0 Å². The van der Waals surface area contributed by atoms with E-state index in [1.54, 1.807) is 11.8 Å². The number of carbonyl (C=O) groups excluding carboxylic acids is 1. The first-order valence-corrected chi connectivity index (χ1v) is 10.0. The largest absolute Gasteiger partial charge is 0.345 e. The van der Waals surface area contributed by atoms with Gasteiger partial charge >= 0.3 is 0 Å². The van der Waals surface area contributed by atoms with Crippen LogP contribution >= 0.6 is 11.8 Å². The number of nitrogens with one attached hydrogen (secondary N) is 1. The van der Waals surface area contributed by atoms with E-state index in [1.807, 2.05) is 31.2 Å². The van der Waals surface area contributed by atoms with Crippen molar-refractivity contribution in [3.63, 3.8) is 0 Å². The standard InChI is InChI=1S/C21H24N4OS/c1-4-25-19(13-22-20(26)18-8-6-5-7-16(18)3)23-24-21(25)27-14-17-11-9-15(2)10-12-17/h5-12H,4,13-14H2,1-3H3,(H,22,26). The van der Waals surface area contributed by atoms with E-state index in [-0.39, 0.29) is 5.91 Å². The topological polar surface area (TPSA) is 59.8 Å². The summed E-state index contributed by atoms with van der Waals surface area (Å²) in [6.45, 7) is 7.20. The van der Waals surface area contributed by atoms with Gasteiger partial charge in [0.1, 0.15) is 0 Å². The summed E-state index contributed by atoms with van der Waals surface area (Å²) in [5.74, 6) is 1.52. The van der Waals surface area contributed by atoms with Crippen LogP contribution in [0.4, 0.5) is 0 Å². The molecule has 3 aromatic rings. The fourth-order valence-corrected chi connectivity index (χ4v) is 3.77. The third-order valence-corrected chi connectivity index (χ3v) is 5.43. The number of nitrogens with zero attached hydrogens (tertiary/aromatic N) is 3. The van der Waals surface area contributed by atoms with Gasteiger partial charge in [0, 0.05) is 17.9 Å². The van der Waals surface area contributed by atoms with Crippen molar-refractivity contribution < 1.29 is 4.79 Å². The van der Waals surface area contributed by atoms with Gasteiger partial charge < -0.3 is 9.88 Å². The quantitative estimate of drug-likeness (QED) is 0.626. The van der Waals surface area contributed by atoms with Gasteiger partial charge in [-0.05, 0) is 38.0 Å². The van der Waals surface area contributed by atoms with Crippen molar-refractivity contribution in [2.45, 2.75) is 44.8 Å². The van der Waals surface area contributed by atoms with Crippen LogP contribution in [0.15, 0.2) is 53.7 Å². The highest BCUT2D eigenvalue weighted by atomic mass is 32.2. The van der Waals surface area contributed by atoms with Crippen molar-refractivity contribution in [2.75, 3.05) is 0 Å². The lowest BCUT2D eigenvalue weighted by Crippen LogP contribution is -2.25. The van der Waals surface area contributed by atoms with E-state index in [0.717, 1.165) is 28.8 Å². The number of rotatable bonds is 7. The number of benzene rings is 2. The maximum Gasteiger partial charge on any atom is 0.251 e. The second-order valence-corrected chi connectivity index (χ2v) is 7.36. The molecule has 1 amide bonds. The van der Waals surface area contributed by atoms with Crippen molar-refractivity contribution in [2.24, 2.45) is 0 Å². The zero-order valence-electron chi connectivity index (χ0n) is 15.9. The molecule has 0 bridgehead atoms. The fourth-order valence-electron chi connectivity index (χ4n) is 2.79. The van der Waals surface area contributed by atoms with E-state index in [4.69, 9.17) is 0 Å². The smallest absolute Gasteiger partial charge is 0.251 e. The molecule has 3 rings (SSSR count). The molecule has 0 aliphatic carbocycles. The van der Waals surface area contributed by atoms with Crippen LogP contribution in [0.3, 0.4) is 0 Å². The Morgan fingerprint density at radius 2 is 1.81 bits per heavy atom. The highest BCUT2D eigenvalue weighted by Crippen LogP contribution is 2.22. The summed E-state index contributed by atoms with van der Waals surface area (Å²) in [5.41, 5.74) is 4.16. The molecule has 6 heteroatoms. The highest BCUT2D eigenvalue weighted by Gasteiger charge is 2.14. The summed E-state index contributed by atoms with van der Waals surface area (Å²) in [6.07, 6.45) is 0. The number of hydrogen-bond acceptors (Lipinski definition) is 4. The molecular weight excluding hydrogens is 356 g/mol. The molecule has 0 fully saturated rings. The van der Waals surface area contributed by atoms with E-state index < -0.39 is 0 Å². The Bertz CT molecular complexity index is 918. The minimum absolute atomic E-state index is 0.0902. The van der Waals surface area contributed by atoms with Gasteiger partial charge in [-0.1, -0.05) is 59.8 Å². The van der Waals surface area contributed by atoms with Crippen LogP contribution in [0.25, 0.3) is 0 Å². The van der Waals surface area contributed by atoms with E-state index >= 15 is 0 Å². The SMILES string of the molecule is CCn1c(CNC(=O)c2ccccc2C)nnc1SCc1ccc(C)cc1. The van der Waals surface area contributed by atoms with Crippen molar-refractivity contribution in [1.82, 2.24) is 20.1 Å². The maximum absolute atomic E-state index is 12.4. The molecule has 0 unspecified atom stereocenters. The lowest BCUT2D eigenvalue weighted by Gasteiger charge is -2.09. The van der Waals surface area contributed by atoms with Gasteiger partial charge in [-0.15, -0.1) is 10.2 Å². The maximum atomic E-state index is 12.4. The van der Waals surface area contributed by atoms with Crippen molar-refractivity contribution >= 4 is 17.7 Å². The van der Waals surface area contributed by atoms with E-state index in [9.17, 15) is 4.79 Å². The number of amides is 1. The zero-order valence-corrected chi connectivity index (χ0v) is 16.7. The van der Waals surface area contributed by atoms with Gasteiger partial charge in [-0.3, -0.25) is 4.79 Å². The number of aryl methyl sites for hydroxylation is 2. The summed E-state index contributed by atoms with van der Waals surface area (Å²) in [5, 5.41) is 12.4. The summed E-state index contributed by atoms with van der Waals surface area (Å²) < 4.78 is 2.05. The van der Waals surface area contributed by atoms with E-state index in [1.165, 1.54) is 11.1 Å². The summed E-state index contributed by atoms with van der Waals surface area (Å²) in [6, 6.07) is 16.1. The molecule has 0 aliphatic heterocycles. The molecule has 0 radical (unpaired) electrons. The molecular formula is C21H24N4OS. The Labute approximate surface area is 164 Å². The van der Waals surface area contributed by atoms with Gasteiger partial charge in [-0.2, -0.15) is 0 Å². The van der Waals surface area contributed by atoms with Gasteiger partial charge in [-0.25, -0.2) is 0 Å². The number of hydrogen-bond donors (Lipinski definition) is 1. The summed E-state index contributed by atoms with van der Waals surface area (Å²) >= 11 is 1.66. The summed E-state index contributed by atoms with van der Waals surface area (Å²) in [7, 11) is 0. The number of carbonyl (C=O) groups is 1. The van der Waals surface area contributed by atoms with Crippen LogP contribution in [0.1, 0.15) is 39.8 Å². The van der Waals surface area contributed by atoms with Crippen molar-refractivity contribution in [1.29, 1.82) is 0 Å². The molecule has 27 heavy (non-hydrogen) atoms. The first kappa shape index (κ1) is 19.2. The molecule has 0 aliphatic rings. The minimum Gasteiger partial charge on any atom is -0.345 e. The van der Waals surface area contributed by atoms with E-state index in [0.29, 0.717) is 12.1 Å². The molecule has 1 heterocycles. The van der Waals surface area contributed by atoms with Crippen molar-refractivity contribution in [3.05, 3.63) is 76.6 Å². The number of thioether (sulfide) groups is 1. The second-order valence-electron chi connectivity index (χ2n) is 6.41. The molecule has 0 spiro atoms. The van der Waals surface area contributed by atoms with Gasteiger partial charge in [0.15, 0.2) is 11.0 Å². The first-order valence-electron chi connectivity index (χ1n) is 9.02. The second kappa shape index (κ2) is 8.86. The average Bonchev–Trinajstić information content (AvgIpc) is 3.08. The molecule has 0 saturated heterocycles. The fraction of sp³-hybridized carbons (Fsp3) is 0.286. The third-order valence-electron chi connectivity index (χ3n) is 4.39. The van der Waals surface area contributed by atoms with Crippen LogP contribution in [0.2, 0.25) is 0 Å². The molecule has 2 aromatic carbocycles. The first-order chi connectivity index (χ1) is 13.1.